The topological polar surface area (TPSA) is 0 Å². The van der Waals surface area contributed by atoms with E-state index in [-0.39, 0.29) is 10.8 Å². The minimum atomic E-state index is -0.0556. The molecule has 0 aliphatic heterocycles. The van der Waals surface area contributed by atoms with Gasteiger partial charge in [0.1, 0.15) is 0 Å². The van der Waals surface area contributed by atoms with E-state index in [1.54, 1.807) is 0 Å². The van der Waals surface area contributed by atoms with Crippen LogP contribution in [0.3, 0.4) is 0 Å². The molecule has 0 N–H and O–H groups in total. The summed E-state index contributed by atoms with van der Waals surface area (Å²) in [4.78, 5) is 0. The van der Waals surface area contributed by atoms with Crippen molar-refractivity contribution in [3.05, 3.63) is 118 Å². The van der Waals surface area contributed by atoms with E-state index in [2.05, 4.69) is 111 Å². The third-order valence-corrected chi connectivity index (χ3v) is 8.21. The second-order valence-corrected chi connectivity index (χ2v) is 9.31. The van der Waals surface area contributed by atoms with Crippen molar-refractivity contribution in [2.75, 3.05) is 0 Å². The van der Waals surface area contributed by atoms with Crippen LogP contribution in [-0.4, -0.2) is 0 Å². The minimum Gasteiger partial charge on any atom is -0.0617 e. The molecule has 0 saturated carbocycles. The molecule has 0 spiro atoms. The molecule has 0 saturated heterocycles. The highest BCUT2D eigenvalue weighted by Gasteiger charge is 2.55. The van der Waals surface area contributed by atoms with Gasteiger partial charge in [-0.25, -0.2) is 0 Å². The highest BCUT2D eigenvalue weighted by atomic mass is 14.6. The fourth-order valence-electron chi connectivity index (χ4n) is 6.32. The van der Waals surface area contributed by atoms with Crippen LogP contribution in [-0.2, 0) is 0 Å². The summed E-state index contributed by atoms with van der Waals surface area (Å²) in [6.07, 6.45) is 18.6. The molecule has 4 aliphatic rings. The molecule has 7 rings (SSSR count). The summed E-state index contributed by atoms with van der Waals surface area (Å²) in [5.41, 5.74) is 5.61. The Morgan fingerprint density at radius 1 is 0.633 bits per heavy atom. The summed E-state index contributed by atoms with van der Waals surface area (Å²) in [5, 5.41) is 8.01. The van der Waals surface area contributed by atoms with Gasteiger partial charge in [0.15, 0.2) is 0 Å². The van der Waals surface area contributed by atoms with E-state index >= 15 is 0 Å². The Morgan fingerprint density at radius 3 is 2.37 bits per heavy atom. The van der Waals surface area contributed by atoms with Crippen molar-refractivity contribution in [3.63, 3.8) is 0 Å². The zero-order chi connectivity index (χ0) is 20.1. The van der Waals surface area contributed by atoms with Crippen LogP contribution in [0, 0.1) is 10.8 Å². The third kappa shape index (κ3) is 1.71. The average molecular weight is 383 g/mol. The van der Waals surface area contributed by atoms with Crippen LogP contribution in [0.1, 0.15) is 13.8 Å². The van der Waals surface area contributed by atoms with E-state index in [4.69, 9.17) is 0 Å². The smallest absolute Gasteiger partial charge is 0.0315 e. The van der Waals surface area contributed by atoms with Crippen molar-refractivity contribution in [1.82, 2.24) is 0 Å². The van der Waals surface area contributed by atoms with Crippen molar-refractivity contribution >= 4 is 33.2 Å². The van der Waals surface area contributed by atoms with Crippen LogP contribution in [0.15, 0.2) is 108 Å². The minimum absolute atomic E-state index is 0.0253. The predicted molar refractivity (Wildman–Crippen MR) is 127 cm³/mol. The maximum atomic E-state index is 2.45. The van der Waals surface area contributed by atoms with Gasteiger partial charge >= 0.3 is 0 Å². The monoisotopic (exact) mass is 382 g/mol. The molecule has 0 fully saturated rings. The average Bonchev–Trinajstić information content (AvgIpc) is 2.76. The van der Waals surface area contributed by atoms with Crippen molar-refractivity contribution in [2.45, 2.75) is 13.8 Å². The highest BCUT2D eigenvalue weighted by Crippen LogP contribution is 2.64. The number of fused-ring (bicyclic) bond motifs is 4. The maximum absolute atomic E-state index is 2.45. The molecule has 30 heavy (non-hydrogen) atoms. The largest absolute Gasteiger partial charge is 0.0617 e. The normalized spacial score (nSPS) is 27.8. The van der Waals surface area contributed by atoms with Crippen LogP contribution < -0.4 is 10.4 Å². The summed E-state index contributed by atoms with van der Waals surface area (Å²) in [7, 11) is 0. The lowest BCUT2D eigenvalue weighted by Gasteiger charge is -2.55. The highest BCUT2D eigenvalue weighted by molar-refractivity contribution is 6.07. The van der Waals surface area contributed by atoms with E-state index in [1.807, 2.05) is 0 Å². The van der Waals surface area contributed by atoms with Gasteiger partial charge in [0.25, 0.3) is 0 Å². The first kappa shape index (κ1) is 16.4. The fraction of sp³-hybridized carbons (Fsp3) is 0.133. The van der Waals surface area contributed by atoms with Gasteiger partial charge in [-0.05, 0) is 66.4 Å². The van der Waals surface area contributed by atoms with Gasteiger partial charge in [-0.3, -0.25) is 0 Å². The molecule has 3 aromatic rings. The second kappa shape index (κ2) is 5.21. The zero-order valence-corrected chi connectivity index (χ0v) is 17.2. The molecule has 0 heterocycles. The predicted octanol–water partition coefficient (Wildman–Crippen LogP) is 5.88. The van der Waals surface area contributed by atoms with Crippen molar-refractivity contribution < 1.29 is 0 Å². The fourth-order valence-corrected chi connectivity index (χ4v) is 6.32. The summed E-state index contributed by atoms with van der Waals surface area (Å²) < 4.78 is 0. The van der Waals surface area contributed by atoms with Gasteiger partial charge in [-0.2, -0.15) is 0 Å². The lowest BCUT2D eigenvalue weighted by Crippen LogP contribution is -2.51. The van der Waals surface area contributed by atoms with Crippen molar-refractivity contribution in [3.8, 4) is 0 Å². The molecular weight excluding hydrogens is 360 g/mol. The number of benzene rings is 3. The molecule has 4 aliphatic carbocycles. The summed E-state index contributed by atoms with van der Waals surface area (Å²) in [6, 6.07) is 18.1. The van der Waals surface area contributed by atoms with Gasteiger partial charge in [-0.15, -0.1) is 0 Å². The van der Waals surface area contributed by atoms with Crippen LogP contribution in [0.2, 0.25) is 0 Å². The Morgan fingerprint density at radius 2 is 1.43 bits per heavy atom. The van der Waals surface area contributed by atoms with Gasteiger partial charge in [0.2, 0.25) is 0 Å². The van der Waals surface area contributed by atoms with Crippen LogP contribution in [0.25, 0.3) is 33.2 Å². The van der Waals surface area contributed by atoms with Crippen LogP contribution in [0.5, 0.6) is 0 Å². The molecule has 0 unspecified atom stereocenters. The number of hydrogen-bond donors (Lipinski definition) is 0. The molecule has 0 aromatic heterocycles. The van der Waals surface area contributed by atoms with E-state index in [0.29, 0.717) is 0 Å². The molecule has 0 nitrogen and oxygen atoms in total. The third-order valence-electron chi connectivity index (χ3n) is 8.21. The Bertz CT molecular complexity index is 1600. The Balaban J connectivity index is 1.68. The zero-order valence-electron chi connectivity index (χ0n) is 17.2. The first-order valence-electron chi connectivity index (χ1n) is 10.8. The molecule has 0 amide bonds. The second-order valence-electron chi connectivity index (χ2n) is 9.31. The Hall–Kier alpha value is -3.38. The van der Waals surface area contributed by atoms with E-state index in [0.717, 1.165) is 0 Å². The lowest BCUT2D eigenvalue weighted by molar-refractivity contribution is 0.279. The van der Waals surface area contributed by atoms with Crippen LogP contribution in [0.4, 0.5) is 0 Å². The van der Waals surface area contributed by atoms with Gasteiger partial charge < -0.3 is 0 Å². The van der Waals surface area contributed by atoms with E-state index in [1.165, 1.54) is 54.3 Å². The van der Waals surface area contributed by atoms with Gasteiger partial charge in [-0.1, -0.05) is 98.9 Å². The first-order chi connectivity index (χ1) is 14.6. The summed E-state index contributed by atoms with van der Waals surface area (Å²) >= 11 is 0. The number of rotatable bonds is 0. The van der Waals surface area contributed by atoms with Gasteiger partial charge in [0, 0.05) is 10.8 Å². The molecular formula is C30H22. The Labute approximate surface area is 176 Å². The van der Waals surface area contributed by atoms with Crippen molar-refractivity contribution in [2.24, 2.45) is 10.8 Å². The summed E-state index contributed by atoms with van der Waals surface area (Å²) in [5.74, 6) is 0. The standard InChI is InChI=1S/C30H22/c1-29-22-7-5-8-23(29)14-15-28-27-17-20-11-10-19-6-3-4-9-25(19)26(20)18-21(27)16-24(13-12-22)30(28,29)2/h3-18H,1-2H3/t29-,30-/m1/s1. The SMILES string of the molecule is C[C@]12C3=CC=CC1=CC=C1C=c4cc5c(ccc6ccccc65)cc4=C(C=C3)[C@@]12C. The molecule has 142 valence electrons. The molecule has 0 heteroatoms. The van der Waals surface area contributed by atoms with Crippen molar-refractivity contribution in [1.29, 1.82) is 0 Å². The number of allylic oxidation sites excluding steroid dienone is 10. The van der Waals surface area contributed by atoms with Crippen LogP contribution >= 0.6 is 0 Å². The number of hydrogen-bond acceptors (Lipinski definition) is 0. The van der Waals surface area contributed by atoms with E-state index in [9.17, 15) is 0 Å². The molecule has 0 bridgehead atoms. The Kier molecular flexibility index (Phi) is 2.85. The summed E-state index contributed by atoms with van der Waals surface area (Å²) in [6.45, 7) is 4.87. The maximum Gasteiger partial charge on any atom is 0.0315 e. The lowest BCUT2D eigenvalue weighted by atomic mass is 9.47. The molecule has 0 radical (unpaired) electrons. The first-order valence-corrected chi connectivity index (χ1v) is 10.8. The van der Waals surface area contributed by atoms with Gasteiger partial charge in [0.05, 0.1) is 0 Å². The molecule has 2 atom stereocenters. The van der Waals surface area contributed by atoms with E-state index < -0.39 is 0 Å². The molecule has 3 aromatic carbocycles. The quantitative estimate of drug-likeness (QED) is 0.426.